The van der Waals surface area contributed by atoms with Gasteiger partial charge in [-0.1, -0.05) is 17.7 Å². The van der Waals surface area contributed by atoms with E-state index in [0.717, 1.165) is 0 Å². The number of anilines is 1. The van der Waals surface area contributed by atoms with Crippen molar-refractivity contribution in [1.29, 1.82) is 0 Å². The van der Waals surface area contributed by atoms with Gasteiger partial charge in [-0.15, -0.1) is 0 Å². The smallest absolute Gasteiger partial charge is 0.257 e. The first-order valence-electron chi connectivity index (χ1n) is 5.54. The molecule has 0 spiro atoms. The van der Waals surface area contributed by atoms with E-state index in [2.05, 4.69) is 5.32 Å². The van der Waals surface area contributed by atoms with Gasteiger partial charge in [0.25, 0.3) is 5.91 Å². The highest BCUT2D eigenvalue weighted by atomic mass is 35.5. The standard InChI is InChI=1S/C14H12ClNO3/c1-19-11-4-2-3-9(7-11)16-14(18)12-8-10(17)5-6-13(12)15/h2-8,17H,1H3,(H,16,18). The lowest BCUT2D eigenvalue weighted by Crippen LogP contribution is -2.12. The van der Waals surface area contributed by atoms with Crippen LogP contribution in [0.3, 0.4) is 0 Å². The Kier molecular flexibility index (Phi) is 3.92. The number of nitrogens with one attached hydrogen (secondary N) is 1. The summed E-state index contributed by atoms with van der Waals surface area (Å²) in [5, 5.41) is 12.3. The van der Waals surface area contributed by atoms with Gasteiger partial charge >= 0.3 is 0 Å². The van der Waals surface area contributed by atoms with E-state index < -0.39 is 5.91 Å². The summed E-state index contributed by atoms with van der Waals surface area (Å²) in [7, 11) is 1.55. The van der Waals surface area contributed by atoms with Crippen LogP contribution in [0.5, 0.6) is 11.5 Å². The van der Waals surface area contributed by atoms with Crippen molar-refractivity contribution in [3.63, 3.8) is 0 Å². The molecule has 2 N–H and O–H groups in total. The molecule has 0 heterocycles. The van der Waals surface area contributed by atoms with E-state index in [4.69, 9.17) is 16.3 Å². The van der Waals surface area contributed by atoms with Gasteiger partial charge in [-0.2, -0.15) is 0 Å². The number of methoxy groups -OCH3 is 1. The highest BCUT2D eigenvalue weighted by Crippen LogP contribution is 2.23. The minimum Gasteiger partial charge on any atom is -0.508 e. The second-order valence-electron chi connectivity index (χ2n) is 3.85. The van der Waals surface area contributed by atoms with Crippen molar-refractivity contribution in [2.24, 2.45) is 0 Å². The van der Waals surface area contributed by atoms with Crippen molar-refractivity contribution in [1.82, 2.24) is 0 Å². The van der Waals surface area contributed by atoms with Crippen LogP contribution in [0, 0.1) is 0 Å². The van der Waals surface area contributed by atoms with E-state index in [9.17, 15) is 9.90 Å². The lowest BCUT2D eigenvalue weighted by molar-refractivity contribution is 0.102. The SMILES string of the molecule is COc1cccc(NC(=O)c2cc(O)ccc2Cl)c1. The summed E-state index contributed by atoms with van der Waals surface area (Å²) < 4.78 is 5.07. The van der Waals surface area contributed by atoms with Crippen molar-refractivity contribution in [2.75, 3.05) is 12.4 Å². The van der Waals surface area contributed by atoms with Gasteiger partial charge in [0.05, 0.1) is 17.7 Å². The number of carbonyl (C=O) groups excluding carboxylic acids is 1. The van der Waals surface area contributed by atoms with Crippen molar-refractivity contribution in [3.8, 4) is 11.5 Å². The third-order valence-corrected chi connectivity index (χ3v) is 2.85. The average molecular weight is 278 g/mol. The summed E-state index contributed by atoms with van der Waals surface area (Å²) in [5.41, 5.74) is 0.799. The summed E-state index contributed by atoms with van der Waals surface area (Å²) in [6.45, 7) is 0. The fraction of sp³-hybridized carbons (Fsp3) is 0.0714. The predicted octanol–water partition coefficient (Wildman–Crippen LogP) is 3.31. The first-order chi connectivity index (χ1) is 9.10. The van der Waals surface area contributed by atoms with Crippen LogP contribution < -0.4 is 10.1 Å². The minimum atomic E-state index is -0.394. The molecule has 0 aromatic heterocycles. The zero-order chi connectivity index (χ0) is 13.8. The number of hydrogen-bond acceptors (Lipinski definition) is 3. The van der Waals surface area contributed by atoms with E-state index in [-0.39, 0.29) is 16.3 Å². The molecule has 2 aromatic rings. The van der Waals surface area contributed by atoms with E-state index in [1.165, 1.54) is 18.2 Å². The van der Waals surface area contributed by atoms with Crippen molar-refractivity contribution in [3.05, 3.63) is 53.1 Å². The predicted molar refractivity (Wildman–Crippen MR) is 74.1 cm³/mol. The monoisotopic (exact) mass is 277 g/mol. The molecule has 0 bridgehead atoms. The van der Waals surface area contributed by atoms with Crippen LogP contribution in [0.25, 0.3) is 0 Å². The highest BCUT2D eigenvalue weighted by molar-refractivity contribution is 6.34. The summed E-state index contributed by atoms with van der Waals surface area (Å²) in [6.07, 6.45) is 0. The van der Waals surface area contributed by atoms with Crippen molar-refractivity contribution >= 4 is 23.2 Å². The molecule has 0 radical (unpaired) electrons. The fourth-order valence-electron chi connectivity index (χ4n) is 1.59. The number of hydrogen-bond donors (Lipinski definition) is 2. The van der Waals surface area contributed by atoms with Crippen LogP contribution in [0.1, 0.15) is 10.4 Å². The fourth-order valence-corrected chi connectivity index (χ4v) is 1.79. The molecule has 0 saturated heterocycles. The molecule has 0 aliphatic rings. The number of carbonyl (C=O) groups is 1. The van der Waals surface area contributed by atoms with Crippen LogP contribution >= 0.6 is 11.6 Å². The quantitative estimate of drug-likeness (QED) is 0.905. The Balaban J connectivity index is 2.23. The molecule has 0 saturated carbocycles. The lowest BCUT2D eigenvalue weighted by Gasteiger charge is -2.08. The second-order valence-corrected chi connectivity index (χ2v) is 4.26. The molecular weight excluding hydrogens is 266 g/mol. The van der Waals surface area contributed by atoms with Gasteiger partial charge in [-0.05, 0) is 30.3 Å². The molecule has 5 heteroatoms. The molecule has 0 unspecified atom stereocenters. The number of aromatic hydroxyl groups is 1. The van der Waals surface area contributed by atoms with Crippen LogP contribution in [0.2, 0.25) is 5.02 Å². The molecular formula is C14H12ClNO3. The zero-order valence-electron chi connectivity index (χ0n) is 10.2. The maximum atomic E-state index is 12.0. The first-order valence-corrected chi connectivity index (χ1v) is 5.92. The average Bonchev–Trinajstić information content (AvgIpc) is 2.41. The second kappa shape index (κ2) is 5.63. The Bertz CT molecular complexity index is 613. The largest absolute Gasteiger partial charge is 0.508 e. The number of phenolic OH excluding ortho intramolecular Hbond substituents is 1. The highest BCUT2D eigenvalue weighted by Gasteiger charge is 2.11. The van der Waals surface area contributed by atoms with Gasteiger partial charge in [-0.25, -0.2) is 0 Å². The Hall–Kier alpha value is -2.20. The molecule has 0 aliphatic carbocycles. The Morgan fingerprint density at radius 2 is 2.05 bits per heavy atom. The molecule has 19 heavy (non-hydrogen) atoms. The van der Waals surface area contributed by atoms with E-state index in [0.29, 0.717) is 11.4 Å². The van der Waals surface area contributed by atoms with Gasteiger partial charge in [0.1, 0.15) is 11.5 Å². The summed E-state index contributed by atoms with van der Waals surface area (Å²) in [5.74, 6) is 0.231. The maximum absolute atomic E-state index is 12.0. The minimum absolute atomic E-state index is 0.0137. The number of ether oxygens (including phenoxy) is 1. The Morgan fingerprint density at radius 1 is 1.26 bits per heavy atom. The van der Waals surface area contributed by atoms with E-state index >= 15 is 0 Å². The number of halogens is 1. The van der Waals surface area contributed by atoms with Crippen molar-refractivity contribution in [2.45, 2.75) is 0 Å². The molecule has 0 atom stereocenters. The Morgan fingerprint density at radius 3 is 2.79 bits per heavy atom. The summed E-state index contributed by atoms with van der Waals surface area (Å²) in [4.78, 5) is 12.0. The van der Waals surface area contributed by atoms with E-state index in [1.54, 1.807) is 31.4 Å². The van der Waals surface area contributed by atoms with Gasteiger partial charge in [0, 0.05) is 11.8 Å². The van der Waals surface area contributed by atoms with Gasteiger partial charge in [0.15, 0.2) is 0 Å². The maximum Gasteiger partial charge on any atom is 0.257 e. The van der Waals surface area contributed by atoms with Gasteiger partial charge in [-0.3, -0.25) is 4.79 Å². The lowest BCUT2D eigenvalue weighted by atomic mass is 10.2. The number of benzene rings is 2. The molecule has 98 valence electrons. The molecule has 2 aromatic carbocycles. The normalized spacial score (nSPS) is 10.0. The molecule has 4 nitrogen and oxygen atoms in total. The zero-order valence-corrected chi connectivity index (χ0v) is 10.9. The first kappa shape index (κ1) is 13.2. The van der Waals surface area contributed by atoms with Crippen LogP contribution in [-0.2, 0) is 0 Å². The summed E-state index contributed by atoms with van der Waals surface area (Å²) in [6, 6.07) is 11.2. The van der Waals surface area contributed by atoms with Gasteiger partial charge in [0.2, 0.25) is 0 Å². The molecule has 0 aliphatic heterocycles. The Labute approximate surface area is 115 Å². The van der Waals surface area contributed by atoms with Crippen LogP contribution in [0.15, 0.2) is 42.5 Å². The van der Waals surface area contributed by atoms with E-state index in [1.807, 2.05) is 0 Å². The molecule has 1 amide bonds. The third kappa shape index (κ3) is 3.17. The van der Waals surface area contributed by atoms with Gasteiger partial charge < -0.3 is 15.2 Å². The van der Waals surface area contributed by atoms with Crippen LogP contribution in [0.4, 0.5) is 5.69 Å². The third-order valence-electron chi connectivity index (χ3n) is 2.52. The molecule has 2 rings (SSSR count). The molecule has 0 fully saturated rings. The topological polar surface area (TPSA) is 58.6 Å². The van der Waals surface area contributed by atoms with Crippen molar-refractivity contribution < 1.29 is 14.6 Å². The number of rotatable bonds is 3. The number of amides is 1. The summed E-state index contributed by atoms with van der Waals surface area (Å²) >= 11 is 5.92. The number of phenols is 1. The van der Waals surface area contributed by atoms with Crippen LogP contribution in [-0.4, -0.2) is 18.1 Å².